The number of fused-ring (bicyclic) bond motifs is 2. The monoisotopic (exact) mass is 264 g/mol. The molecule has 2 bridgehead atoms. The van der Waals surface area contributed by atoms with Crippen LogP contribution in [0.15, 0.2) is 0 Å². The Morgan fingerprint density at radius 2 is 2.06 bits per heavy atom. The maximum absolute atomic E-state index is 12.0. The molecule has 4 atom stereocenters. The van der Waals surface area contributed by atoms with E-state index < -0.39 is 24.7 Å². The van der Waals surface area contributed by atoms with Crippen molar-refractivity contribution in [2.75, 3.05) is 6.54 Å². The third-order valence-corrected chi connectivity index (χ3v) is 4.06. The molecule has 0 aliphatic heterocycles. The molecule has 4 unspecified atom stereocenters. The van der Waals surface area contributed by atoms with E-state index in [0.29, 0.717) is 12.0 Å². The van der Waals surface area contributed by atoms with Crippen LogP contribution < -0.4 is 10.6 Å². The molecule has 2 aliphatic carbocycles. The van der Waals surface area contributed by atoms with Crippen LogP contribution in [0.4, 0.5) is 13.2 Å². The third kappa shape index (κ3) is 3.37. The number of hydrogen-bond acceptors (Lipinski definition) is 2. The summed E-state index contributed by atoms with van der Waals surface area (Å²) in [6.45, 7) is 0.367. The van der Waals surface area contributed by atoms with Crippen LogP contribution in [-0.2, 0) is 4.79 Å². The summed E-state index contributed by atoms with van der Waals surface area (Å²) in [6, 6.07) is -0.257. The summed E-state index contributed by atoms with van der Waals surface area (Å²) in [5.41, 5.74) is 0. The zero-order chi connectivity index (χ0) is 13.3. The number of amides is 1. The largest absolute Gasteiger partial charge is 0.405 e. The van der Waals surface area contributed by atoms with Crippen molar-refractivity contribution in [2.24, 2.45) is 11.8 Å². The Morgan fingerprint density at radius 3 is 2.56 bits per heavy atom. The minimum Gasteiger partial charge on any atom is -0.346 e. The maximum atomic E-state index is 12.0. The molecular formula is C12H19F3N2O. The summed E-state index contributed by atoms with van der Waals surface area (Å²) >= 11 is 0. The van der Waals surface area contributed by atoms with Crippen molar-refractivity contribution in [1.29, 1.82) is 0 Å². The second-order valence-electron chi connectivity index (χ2n) is 5.50. The fourth-order valence-electron chi connectivity index (χ4n) is 3.19. The summed E-state index contributed by atoms with van der Waals surface area (Å²) in [5, 5.41) is 5.08. The highest BCUT2D eigenvalue weighted by atomic mass is 19.4. The lowest BCUT2D eigenvalue weighted by Crippen LogP contribution is -2.49. The van der Waals surface area contributed by atoms with Gasteiger partial charge in [-0.25, -0.2) is 0 Å². The van der Waals surface area contributed by atoms with Gasteiger partial charge in [0, 0.05) is 6.04 Å². The Kier molecular flexibility index (Phi) is 3.84. The van der Waals surface area contributed by atoms with Crippen LogP contribution in [-0.4, -0.2) is 30.7 Å². The number of nitrogens with one attached hydrogen (secondary N) is 2. The van der Waals surface area contributed by atoms with Gasteiger partial charge in [-0.2, -0.15) is 13.2 Å². The molecule has 6 heteroatoms. The molecule has 1 amide bonds. The van der Waals surface area contributed by atoms with Gasteiger partial charge in [0.25, 0.3) is 0 Å². The number of carbonyl (C=O) groups excluding carboxylic acids is 1. The van der Waals surface area contributed by atoms with Crippen molar-refractivity contribution in [2.45, 2.75) is 50.9 Å². The predicted molar refractivity (Wildman–Crippen MR) is 60.9 cm³/mol. The van der Waals surface area contributed by atoms with Gasteiger partial charge < -0.3 is 10.6 Å². The molecule has 104 valence electrons. The van der Waals surface area contributed by atoms with Crippen LogP contribution in [0.1, 0.15) is 32.6 Å². The van der Waals surface area contributed by atoms with Crippen molar-refractivity contribution in [3.63, 3.8) is 0 Å². The van der Waals surface area contributed by atoms with E-state index in [-0.39, 0.29) is 0 Å². The van der Waals surface area contributed by atoms with Gasteiger partial charge in [0.15, 0.2) is 0 Å². The lowest BCUT2D eigenvalue weighted by molar-refractivity contribution is -0.139. The number of rotatable bonds is 4. The molecule has 2 saturated carbocycles. The molecule has 2 N–H and O–H groups in total. The van der Waals surface area contributed by atoms with Crippen molar-refractivity contribution < 1.29 is 18.0 Å². The van der Waals surface area contributed by atoms with Crippen molar-refractivity contribution in [3.8, 4) is 0 Å². The summed E-state index contributed by atoms with van der Waals surface area (Å²) in [7, 11) is 0. The van der Waals surface area contributed by atoms with Gasteiger partial charge in [-0.3, -0.25) is 4.79 Å². The first-order valence-electron chi connectivity index (χ1n) is 6.45. The second-order valence-corrected chi connectivity index (χ2v) is 5.50. The number of halogens is 3. The Morgan fingerprint density at radius 1 is 1.33 bits per heavy atom. The smallest absolute Gasteiger partial charge is 0.346 e. The Bertz CT molecular complexity index is 319. The quantitative estimate of drug-likeness (QED) is 0.813. The summed E-state index contributed by atoms with van der Waals surface area (Å²) in [4.78, 5) is 11.5. The van der Waals surface area contributed by atoms with E-state index in [1.165, 1.54) is 19.3 Å². The molecule has 2 rings (SSSR count). The number of carbonyl (C=O) groups is 1. The molecule has 0 radical (unpaired) electrons. The minimum atomic E-state index is -4.35. The lowest BCUT2D eigenvalue weighted by Gasteiger charge is -2.26. The normalized spacial score (nSPS) is 32.6. The van der Waals surface area contributed by atoms with Crippen molar-refractivity contribution in [1.82, 2.24) is 10.6 Å². The Balaban J connectivity index is 1.74. The fraction of sp³-hybridized carbons (Fsp3) is 0.917. The van der Waals surface area contributed by atoms with E-state index in [1.54, 1.807) is 6.92 Å². The first kappa shape index (κ1) is 13.6. The Labute approximate surface area is 104 Å². The van der Waals surface area contributed by atoms with Gasteiger partial charge in [-0.05, 0) is 38.0 Å². The summed E-state index contributed by atoms with van der Waals surface area (Å²) in [5.74, 6) is 0.779. The molecule has 2 aliphatic rings. The SMILES string of the molecule is CC(NC1CC2CCC1C2)C(=O)NCC(F)(F)F. The van der Waals surface area contributed by atoms with E-state index >= 15 is 0 Å². The fourth-order valence-corrected chi connectivity index (χ4v) is 3.19. The minimum absolute atomic E-state index is 0.301. The highest BCUT2D eigenvalue weighted by molar-refractivity contribution is 5.81. The van der Waals surface area contributed by atoms with E-state index in [2.05, 4.69) is 5.32 Å². The molecule has 0 saturated heterocycles. The van der Waals surface area contributed by atoms with Gasteiger partial charge >= 0.3 is 6.18 Å². The average molecular weight is 264 g/mol. The lowest BCUT2D eigenvalue weighted by atomic mass is 9.95. The van der Waals surface area contributed by atoms with Gasteiger partial charge in [0.05, 0.1) is 6.04 Å². The van der Waals surface area contributed by atoms with Crippen LogP contribution in [0.2, 0.25) is 0 Å². The molecule has 3 nitrogen and oxygen atoms in total. The molecule has 2 fully saturated rings. The maximum Gasteiger partial charge on any atom is 0.405 e. The standard InChI is InChI=1S/C12H19F3N2O/c1-7(11(18)16-6-12(13,14)15)17-10-5-8-2-3-9(10)4-8/h7-10,17H,2-6H2,1H3,(H,16,18). The highest BCUT2D eigenvalue weighted by Gasteiger charge is 2.40. The number of hydrogen-bond donors (Lipinski definition) is 2. The van der Waals surface area contributed by atoms with Crippen molar-refractivity contribution >= 4 is 5.91 Å². The van der Waals surface area contributed by atoms with E-state index in [0.717, 1.165) is 12.3 Å². The molecule has 18 heavy (non-hydrogen) atoms. The first-order valence-corrected chi connectivity index (χ1v) is 6.45. The van der Waals surface area contributed by atoms with E-state index in [1.807, 2.05) is 5.32 Å². The van der Waals surface area contributed by atoms with Gasteiger partial charge in [0.2, 0.25) is 5.91 Å². The Hall–Kier alpha value is -0.780. The van der Waals surface area contributed by atoms with Gasteiger partial charge in [-0.15, -0.1) is 0 Å². The third-order valence-electron chi connectivity index (χ3n) is 4.06. The van der Waals surface area contributed by atoms with Crippen LogP contribution in [0.5, 0.6) is 0 Å². The van der Waals surface area contributed by atoms with Crippen LogP contribution in [0, 0.1) is 11.8 Å². The van der Waals surface area contributed by atoms with Crippen molar-refractivity contribution in [3.05, 3.63) is 0 Å². The highest BCUT2D eigenvalue weighted by Crippen LogP contribution is 2.44. The molecule has 0 aromatic rings. The molecule has 0 spiro atoms. The molecule has 0 aromatic carbocycles. The summed E-state index contributed by atoms with van der Waals surface area (Å²) < 4.78 is 35.9. The number of alkyl halides is 3. The van der Waals surface area contributed by atoms with E-state index in [4.69, 9.17) is 0 Å². The van der Waals surface area contributed by atoms with Gasteiger partial charge in [-0.1, -0.05) is 6.42 Å². The van der Waals surface area contributed by atoms with Crippen LogP contribution >= 0.6 is 0 Å². The van der Waals surface area contributed by atoms with Crippen LogP contribution in [0.25, 0.3) is 0 Å². The molecule has 0 aromatic heterocycles. The average Bonchev–Trinajstić information content (AvgIpc) is 2.86. The van der Waals surface area contributed by atoms with E-state index in [9.17, 15) is 18.0 Å². The summed E-state index contributed by atoms with van der Waals surface area (Å²) in [6.07, 6.45) is 0.356. The topological polar surface area (TPSA) is 41.1 Å². The zero-order valence-corrected chi connectivity index (χ0v) is 10.4. The second kappa shape index (κ2) is 5.07. The predicted octanol–water partition coefficient (Wildman–Crippen LogP) is 1.83. The first-order chi connectivity index (χ1) is 8.35. The van der Waals surface area contributed by atoms with Crippen LogP contribution in [0.3, 0.4) is 0 Å². The van der Waals surface area contributed by atoms with Gasteiger partial charge in [0.1, 0.15) is 6.54 Å². The molecule has 0 heterocycles. The zero-order valence-electron chi connectivity index (χ0n) is 10.4. The molecular weight excluding hydrogens is 245 g/mol.